The standard InChI is InChI=1S/C19H16N2O4/c1-2-3-13-4-7-15(8-5-13)19(23)16(12-20)10-14-6-9-18(22)17(11-14)21(24)25/h4-11,22H,2-3H2,1H3/p-1/b16-10+. The first-order valence-electron chi connectivity index (χ1n) is 7.67. The molecule has 0 heterocycles. The summed E-state index contributed by atoms with van der Waals surface area (Å²) in [5, 5.41) is 31.5. The molecule has 0 aromatic heterocycles. The van der Waals surface area contributed by atoms with Crippen molar-refractivity contribution in [1.82, 2.24) is 0 Å². The van der Waals surface area contributed by atoms with Crippen LogP contribution in [0.25, 0.3) is 6.08 Å². The Morgan fingerprint density at radius 2 is 1.92 bits per heavy atom. The number of nitro benzene ring substituents is 1. The van der Waals surface area contributed by atoms with Crippen LogP contribution in [-0.4, -0.2) is 10.7 Å². The van der Waals surface area contributed by atoms with Crippen LogP contribution in [0.5, 0.6) is 5.75 Å². The van der Waals surface area contributed by atoms with Crippen molar-refractivity contribution >= 4 is 17.5 Å². The molecule has 0 fully saturated rings. The lowest BCUT2D eigenvalue weighted by Gasteiger charge is -2.07. The summed E-state index contributed by atoms with van der Waals surface area (Å²) in [6.07, 6.45) is 3.14. The zero-order chi connectivity index (χ0) is 18.4. The summed E-state index contributed by atoms with van der Waals surface area (Å²) in [7, 11) is 0. The van der Waals surface area contributed by atoms with Crippen molar-refractivity contribution in [3.05, 3.63) is 74.8 Å². The molecule has 2 aromatic rings. The molecule has 0 amide bonds. The Morgan fingerprint density at radius 3 is 2.48 bits per heavy atom. The zero-order valence-corrected chi connectivity index (χ0v) is 13.6. The Labute approximate surface area is 144 Å². The van der Waals surface area contributed by atoms with Gasteiger partial charge in [0.2, 0.25) is 5.78 Å². The predicted octanol–water partition coefficient (Wildman–Crippen LogP) is 3.41. The first-order valence-corrected chi connectivity index (χ1v) is 7.67. The minimum Gasteiger partial charge on any atom is -0.868 e. The van der Waals surface area contributed by atoms with Gasteiger partial charge in [-0.1, -0.05) is 49.7 Å². The van der Waals surface area contributed by atoms with Crippen LogP contribution >= 0.6 is 0 Å². The van der Waals surface area contributed by atoms with E-state index in [-0.39, 0.29) is 11.1 Å². The van der Waals surface area contributed by atoms with Gasteiger partial charge in [-0.2, -0.15) is 5.26 Å². The van der Waals surface area contributed by atoms with Crippen molar-refractivity contribution in [1.29, 1.82) is 5.26 Å². The fraction of sp³-hybridized carbons (Fsp3) is 0.158. The third-order valence-corrected chi connectivity index (χ3v) is 3.61. The number of hydrogen-bond acceptors (Lipinski definition) is 5. The predicted molar refractivity (Wildman–Crippen MR) is 90.9 cm³/mol. The van der Waals surface area contributed by atoms with Gasteiger partial charge in [-0.15, -0.1) is 0 Å². The molecule has 0 spiro atoms. The number of nitrogens with zero attached hydrogens (tertiary/aromatic N) is 2. The number of aryl methyl sites for hydroxylation is 1. The summed E-state index contributed by atoms with van der Waals surface area (Å²) in [6.45, 7) is 2.06. The van der Waals surface area contributed by atoms with Crippen LogP contribution in [0.2, 0.25) is 0 Å². The zero-order valence-electron chi connectivity index (χ0n) is 13.6. The van der Waals surface area contributed by atoms with Gasteiger partial charge in [0.05, 0.1) is 4.92 Å². The molecule has 0 unspecified atom stereocenters. The fourth-order valence-electron chi connectivity index (χ4n) is 2.35. The van der Waals surface area contributed by atoms with E-state index < -0.39 is 22.1 Å². The highest BCUT2D eigenvalue weighted by Gasteiger charge is 2.13. The summed E-state index contributed by atoms with van der Waals surface area (Å²) >= 11 is 0. The van der Waals surface area contributed by atoms with E-state index in [1.54, 1.807) is 12.1 Å². The Bertz CT molecular complexity index is 877. The molecule has 0 saturated heterocycles. The summed E-state index contributed by atoms with van der Waals surface area (Å²) in [5.41, 5.74) is 0.961. The molecule has 0 radical (unpaired) electrons. The number of hydrogen-bond donors (Lipinski definition) is 0. The minimum atomic E-state index is -0.792. The SMILES string of the molecule is CCCc1ccc(C(=O)/C(C#N)=C/c2ccc([O-])c([N+](=O)[O-])c2)cc1. The van der Waals surface area contributed by atoms with Crippen LogP contribution in [0.15, 0.2) is 48.0 Å². The monoisotopic (exact) mass is 335 g/mol. The van der Waals surface area contributed by atoms with Crippen molar-refractivity contribution < 1.29 is 14.8 Å². The highest BCUT2D eigenvalue weighted by atomic mass is 16.6. The molecule has 0 aliphatic rings. The number of nitro groups is 1. The highest BCUT2D eigenvalue weighted by Crippen LogP contribution is 2.25. The van der Waals surface area contributed by atoms with Gasteiger partial charge in [-0.05, 0) is 29.4 Å². The summed E-state index contributed by atoms with van der Waals surface area (Å²) < 4.78 is 0. The molecule has 126 valence electrons. The molecule has 0 aliphatic carbocycles. The Balaban J connectivity index is 2.34. The maximum absolute atomic E-state index is 12.4. The highest BCUT2D eigenvalue weighted by molar-refractivity contribution is 6.14. The van der Waals surface area contributed by atoms with Crippen molar-refractivity contribution in [2.24, 2.45) is 0 Å². The van der Waals surface area contributed by atoms with Gasteiger partial charge in [-0.3, -0.25) is 14.9 Å². The first kappa shape index (κ1) is 17.9. The number of allylic oxidation sites excluding steroid dienone is 1. The lowest BCUT2D eigenvalue weighted by atomic mass is 9.99. The number of carbonyl (C=O) groups is 1. The summed E-state index contributed by atoms with van der Waals surface area (Å²) in [5.74, 6) is -1.20. The molecule has 2 rings (SSSR count). The van der Waals surface area contributed by atoms with Gasteiger partial charge < -0.3 is 5.11 Å². The van der Waals surface area contributed by atoms with Crippen LogP contribution < -0.4 is 5.11 Å². The maximum atomic E-state index is 12.4. The van der Waals surface area contributed by atoms with E-state index in [0.717, 1.165) is 30.5 Å². The lowest BCUT2D eigenvalue weighted by Crippen LogP contribution is -2.02. The topological polar surface area (TPSA) is 107 Å². The van der Waals surface area contributed by atoms with Crippen molar-refractivity contribution in [3.8, 4) is 11.8 Å². The molecule has 0 N–H and O–H groups in total. The van der Waals surface area contributed by atoms with Crippen LogP contribution in [-0.2, 0) is 6.42 Å². The minimum absolute atomic E-state index is 0.156. The van der Waals surface area contributed by atoms with Crippen LogP contribution in [0.1, 0.15) is 34.8 Å². The van der Waals surface area contributed by atoms with Crippen LogP contribution in [0, 0.1) is 21.4 Å². The molecule has 0 bridgehead atoms. The van der Waals surface area contributed by atoms with Gasteiger partial charge in [0.25, 0.3) is 5.69 Å². The molecule has 6 nitrogen and oxygen atoms in total. The van der Waals surface area contributed by atoms with Crippen molar-refractivity contribution in [2.75, 3.05) is 0 Å². The molecule has 0 aliphatic heterocycles. The van der Waals surface area contributed by atoms with Crippen molar-refractivity contribution in [3.63, 3.8) is 0 Å². The fourth-order valence-corrected chi connectivity index (χ4v) is 2.35. The van der Waals surface area contributed by atoms with E-state index in [1.807, 2.05) is 18.2 Å². The van der Waals surface area contributed by atoms with Crippen LogP contribution in [0.4, 0.5) is 5.69 Å². The van der Waals surface area contributed by atoms with E-state index in [4.69, 9.17) is 0 Å². The van der Waals surface area contributed by atoms with Gasteiger partial charge >= 0.3 is 0 Å². The van der Waals surface area contributed by atoms with E-state index in [2.05, 4.69) is 6.92 Å². The van der Waals surface area contributed by atoms with Crippen LogP contribution in [0.3, 0.4) is 0 Å². The molecule has 25 heavy (non-hydrogen) atoms. The number of carbonyl (C=O) groups excluding carboxylic acids is 1. The van der Waals surface area contributed by atoms with E-state index >= 15 is 0 Å². The Hall–Kier alpha value is -3.46. The van der Waals surface area contributed by atoms with E-state index in [1.165, 1.54) is 12.1 Å². The number of benzene rings is 2. The average molecular weight is 335 g/mol. The average Bonchev–Trinajstić information content (AvgIpc) is 2.61. The van der Waals surface area contributed by atoms with Gasteiger partial charge in [0, 0.05) is 11.6 Å². The van der Waals surface area contributed by atoms with E-state index in [0.29, 0.717) is 5.56 Å². The van der Waals surface area contributed by atoms with Gasteiger partial charge in [0.15, 0.2) is 0 Å². The third kappa shape index (κ3) is 4.30. The molecule has 0 atom stereocenters. The molecular weight excluding hydrogens is 320 g/mol. The first-order chi connectivity index (χ1) is 12.0. The number of rotatable bonds is 6. The molecule has 2 aromatic carbocycles. The quantitative estimate of drug-likeness (QED) is 0.264. The second-order valence-electron chi connectivity index (χ2n) is 5.43. The summed E-state index contributed by atoms with van der Waals surface area (Å²) in [6, 6.07) is 12.2. The van der Waals surface area contributed by atoms with E-state index in [9.17, 15) is 25.3 Å². The molecule has 0 saturated carbocycles. The molecular formula is C19H15N2O4-. The second kappa shape index (κ2) is 7.88. The summed E-state index contributed by atoms with van der Waals surface area (Å²) in [4.78, 5) is 22.5. The molecule has 6 heteroatoms. The van der Waals surface area contributed by atoms with Gasteiger partial charge in [0.1, 0.15) is 11.6 Å². The largest absolute Gasteiger partial charge is 0.868 e. The normalized spacial score (nSPS) is 11.0. The van der Waals surface area contributed by atoms with Crippen molar-refractivity contribution in [2.45, 2.75) is 19.8 Å². The number of nitriles is 1. The van der Waals surface area contributed by atoms with Gasteiger partial charge in [-0.25, -0.2) is 0 Å². The third-order valence-electron chi connectivity index (χ3n) is 3.61. The number of ketones is 1. The lowest BCUT2D eigenvalue weighted by molar-refractivity contribution is -0.398. The number of Topliss-reactive ketones (excluding diaryl/α,β-unsaturated/α-hetero) is 1. The maximum Gasteiger partial charge on any atom is 0.262 e. The Morgan fingerprint density at radius 1 is 1.24 bits per heavy atom. The smallest absolute Gasteiger partial charge is 0.262 e. The second-order valence-corrected chi connectivity index (χ2v) is 5.43. The Kier molecular flexibility index (Phi) is 5.64.